The van der Waals surface area contributed by atoms with Gasteiger partial charge in [0.2, 0.25) is 0 Å². The van der Waals surface area contributed by atoms with Crippen LogP contribution in [0, 0.1) is 29.1 Å². The molecule has 244 valence electrons. The number of rotatable bonds is 4. The monoisotopic (exact) mass is 637 g/mol. The normalized spacial score (nSPS) is 31.3. The molecule has 0 aromatic heterocycles. The highest BCUT2D eigenvalue weighted by Crippen LogP contribution is 2.90. The molecule has 6 unspecified atom stereocenters. The predicted molar refractivity (Wildman–Crippen MR) is 203 cm³/mol. The van der Waals surface area contributed by atoms with Gasteiger partial charge in [0, 0.05) is 22.4 Å². The van der Waals surface area contributed by atoms with Crippen molar-refractivity contribution in [1.82, 2.24) is 0 Å². The van der Waals surface area contributed by atoms with Gasteiger partial charge in [-0.3, -0.25) is 0 Å². The maximum absolute atomic E-state index is 2.64. The molecular weight excluding hydrogens is 591 g/mol. The van der Waals surface area contributed by atoms with E-state index in [0.717, 1.165) is 23.7 Å². The molecule has 1 nitrogen and oxygen atoms in total. The fourth-order valence-electron chi connectivity index (χ4n) is 13.1. The lowest BCUT2D eigenvalue weighted by Gasteiger charge is -2.76. The van der Waals surface area contributed by atoms with Crippen LogP contribution in [-0.2, 0) is 16.2 Å². The summed E-state index contributed by atoms with van der Waals surface area (Å²) >= 11 is 0. The summed E-state index contributed by atoms with van der Waals surface area (Å²) in [4.78, 5) is 2.60. The smallest absolute Gasteiger partial charge is 0.0543 e. The largest absolute Gasteiger partial charge is 0.310 e. The number of para-hydroxylation sites is 1. The van der Waals surface area contributed by atoms with Crippen molar-refractivity contribution in [2.24, 2.45) is 29.1 Å². The zero-order valence-electron chi connectivity index (χ0n) is 29.5. The summed E-state index contributed by atoms with van der Waals surface area (Å²) in [6.07, 6.45) is 8.29. The highest BCUT2D eigenvalue weighted by molar-refractivity contribution is 5.97. The Labute approximate surface area is 292 Å². The summed E-state index contributed by atoms with van der Waals surface area (Å²) in [5.41, 5.74) is 16.9. The van der Waals surface area contributed by atoms with E-state index in [4.69, 9.17) is 0 Å². The van der Waals surface area contributed by atoms with E-state index >= 15 is 0 Å². The topological polar surface area (TPSA) is 3.24 Å². The summed E-state index contributed by atoms with van der Waals surface area (Å²) in [5, 5.41) is 0. The van der Waals surface area contributed by atoms with E-state index in [1.54, 1.807) is 11.1 Å². The maximum atomic E-state index is 2.64. The second kappa shape index (κ2) is 9.36. The van der Waals surface area contributed by atoms with Gasteiger partial charge in [0.25, 0.3) is 0 Å². The zero-order chi connectivity index (χ0) is 32.9. The molecule has 0 saturated heterocycles. The van der Waals surface area contributed by atoms with Gasteiger partial charge in [0.05, 0.1) is 5.69 Å². The second-order valence-electron chi connectivity index (χ2n) is 18.1. The van der Waals surface area contributed by atoms with Crippen LogP contribution in [0.15, 0.2) is 115 Å². The van der Waals surface area contributed by atoms with Crippen molar-refractivity contribution in [3.63, 3.8) is 0 Å². The minimum Gasteiger partial charge on any atom is -0.310 e. The Morgan fingerprint density at radius 2 is 1.29 bits per heavy atom. The Hall–Kier alpha value is -4.10. The van der Waals surface area contributed by atoms with Gasteiger partial charge in [-0.25, -0.2) is 0 Å². The average molecular weight is 638 g/mol. The Bertz CT molecular complexity index is 2170. The van der Waals surface area contributed by atoms with Crippen LogP contribution < -0.4 is 4.90 Å². The molecule has 0 radical (unpaired) electrons. The van der Waals surface area contributed by atoms with Crippen LogP contribution in [0.25, 0.3) is 22.3 Å². The van der Waals surface area contributed by atoms with Crippen molar-refractivity contribution in [3.8, 4) is 22.3 Å². The van der Waals surface area contributed by atoms with Crippen LogP contribution in [-0.4, -0.2) is 0 Å². The summed E-state index contributed by atoms with van der Waals surface area (Å²) < 4.78 is 0. The van der Waals surface area contributed by atoms with E-state index in [1.165, 1.54) is 89.0 Å². The standard InChI is InChI=1S/C48H47N/c1-45(2)22-23-46(3,4)40-28-35(19-21-37(40)45)49(34-14-9-6-10-15-34)41-17-11-16-38-44(41)36-20-18-32(31-12-7-5-8-13-31)26-39(36)48(38)42-25-30-24-33-27-43(48)47(33,42)29-30/h5-21,26,28,30,33,42-43H,22-25,27,29H2,1-4H3. The van der Waals surface area contributed by atoms with Gasteiger partial charge in [-0.15, -0.1) is 0 Å². The minimum atomic E-state index is 0.140. The van der Waals surface area contributed by atoms with Crippen molar-refractivity contribution in [2.45, 2.75) is 82.5 Å². The van der Waals surface area contributed by atoms with Crippen LogP contribution in [0.4, 0.5) is 17.1 Å². The second-order valence-corrected chi connectivity index (χ2v) is 18.1. The van der Waals surface area contributed by atoms with Crippen LogP contribution in [0.5, 0.6) is 0 Å². The first-order valence-corrected chi connectivity index (χ1v) is 19.1. The first-order chi connectivity index (χ1) is 23.7. The third kappa shape index (κ3) is 3.43. The van der Waals surface area contributed by atoms with Gasteiger partial charge in [-0.05, 0) is 154 Å². The van der Waals surface area contributed by atoms with Crippen molar-refractivity contribution < 1.29 is 0 Å². The molecule has 49 heavy (non-hydrogen) atoms. The Kier molecular flexibility index (Phi) is 5.49. The van der Waals surface area contributed by atoms with Gasteiger partial charge in [0.15, 0.2) is 0 Å². The SMILES string of the molecule is CC1(C)CCC(C)(C)c2cc(N(c3ccccc3)c3cccc4c3-c3ccc(-c5ccccc5)cc3C43C4CC5CC6CC3C64C5)ccc21. The Morgan fingerprint density at radius 3 is 2.06 bits per heavy atom. The van der Waals surface area contributed by atoms with Gasteiger partial charge < -0.3 is 4.90 Å². The summed E-state index contributed by atoms with van der Waals surface area (Å²) in [5.74, 6) is 3.47. The fourth-order valence-corrected chi connectivity index (χ4v) is 13.1. The lowest BCUT2D eigenvalue weighted by Crippen LogP contribution is -2.73. The number of anilines is 3. The van der Waals surface area contributed by atoms with E-state index in [1.807, 2.05) is 0 Å². The third-order valence-electron chi connectivity index (χ3n) is 15.2. The van der Waals surface area contributed by atoms with Crippen molar-refractivity contribution in [2.75, 3.05) is 4.90 Å². The molecule has 2 bridgehead atoms. The maximum Gasteiger partial charge on any atom is 0.0543 e. The molecule has 2 spiro atoms. The highest BCUT2D eigenvalue weighted by Gasteiger charge is 2.84. The third-order valence-corrected chi connectivity index (χ3v) is 15.2. The van der Waals surface area contributed by atoms with Crippen LogP contribution in [0.2, 0.25) is 0 Å². The Balaban J connectivity index is 1.16. The number of hydrogen-bond donors (Lipinski definition) is 0. The molecule has 6 atom stereocenters. The molecule has 5 aromatic rings. The molecule has 6 aliphatic carbocycles. The van der Waals surface area contributed by atoms with Gasteiger partial charge >= 0.3 is 0 Å². The van der Waals surface area contributed by atoms with E-state index in [9.17, 15) is 0 Å². The van der Waals surface area contributed by atoms with Crippen LogP contribution in [0.3, 0.4) is 0 Å². The Morgan fingerprint density at radius 1 is 0.551 bits per heavy atom. The lowest BCUT2D eigenvalue weighted by atomic mass is 9.27. The summed E-state index contributed by atoms with van der Waals surface area (Å²) in [6.45, 7) is 9.78. The molecule has 0 amide bonds. The zero-order valence-corrected chi connectivity index (χ0v) is 29.5. The van der Waals surface area contributed by atoms with Crippen molar-refractivity contribution in [3.05, 3.63) is 138 Å². The van der Waals surface area contributed by atoms with Gasteiger partial charge in [0.1, 0.15) is 0 Å². The number of nitrogens with zero attached hydrogens (tertiary/aromatic N) is 1. The lowest BCUT2D eigenvalue weighted by molar-refractivity contribution is -0.231. The number of benzene rings is 5. The summed E-state index contributed by atoms with van der Waals surface area (Å²) in [6, 6.07) is 44.6. The fraction of sp³-hybridized carbons (Fsp3) is 0.375. The first-order valence-electron chi connectivity index (χ1n) is 19.1. The van der Waals surface area contributed by atoms with E-state index in [0.29, 0.717) is 5.41 Å². The molecule has 5 aromatic carbocycles. The van der Waals surface area contributed by atoms with E-state index in [-0.39, 0.29) is 16.2 Å². The van der Waals surface area contributed by atoms with Gasteiger partial charge in [-0.2, -0.15) is 0 Å². The van der Waals surface area contributed by atoms with E-state index < -0.39 is 0 Å². The minimum absolute atomic E-state index is 0.140. The van der Waals surface area contributed by atoms with Crippen molar-refractivity contribution in [1.29, 1.82) is 0 Å². The quantitative estimate of drug-likeness (QED) is 0.189. The molecular formula is C48H47N. The summed E-state index contributed by atoms with van der Waals surface area (Å²) in [7, 11) is 0. The molecule has 6 aliphatic rings. The van der Waals surface area contributed by atoms with E-state index in [2.05, 4.69) is 148 Å². The average Bonchev–Trinajstić information content (AvgIpc) is 3.75. The molecule has 0 aliphatic heterocycles. The molecule has 11 rings (SSSR count). The highest BCUT2D eigenvalue weighted by atomic mass is 15.1. The van der Waals surface area contributed by atoms with Crippen LogP contribution in [0.1, 0.15) is 88.5 Å². The van der Waals surface area contributed by atoms with Crippen molar-refractivity contribution >= 4 is 17.1 Å². The molecule has 1 heteroatoms. The number of fused-ring (bicyclic) bond motifs is 9. The number of hydrogen-bond acceptors (Lipinski definition) is 1. The van der Waals surface area contributed by atoms with Gasteiger partial charge in [-0.1, -0.05) is 107 Å². The molecule has 0 N–H and O–H groups in total. The molecule has 0 heterocycles. The predicted octanol–water partition coefficient (Wildman–Crippen LogP) is 12.5. The molecule has 4 fully saturated rings. The molecule has 4 saturated carbocycles. The first kappa shape index (κ1) is 28.7. The van der Waals surface area contributed by atoms with Crippen LogP contribution >= 0.6 is 0 Å².